The normalized spacial score (nSPS) is 7.33. The van der Waals surface area contributed by atoms with Crippen LogP contribution in [-0.2, 0) is 9.53 Å². The Kier molecular flexibility index (Phi) is 5.34. The van der Waals surface area contributed by atoms with Gasteiger partial charge in [-0.3, -0.25) is 4.79 Å². The molecule has 0 saturated carbocycles. The number of carbonyl (C=O) groups is 1. The summed E-state index contributed by atoms with van der Waals surface area (Å²) in [6, 6.07) is 0. The van der Waals surface area contributed by atoms with Crippen molar-refractivity contribution < 1.29 is 9.53 Å². The molecule has 50 valence electrons. The second kappa shape index (κ2) is 5.64. The zero-order valence-electron chi connectivity index (χ0n) is 5.11. The Morgan fingerprint density at radius 3 is 2.89 bits per heavy atom. The average molecular weight is 191 g/mol. The summed E-state index contributed by atoms with van der Waals surface area (Å²) in [6.45, 7) is 1.76. The van der Waals surface area contributed by atoms with Crippen molar-refractivity contribution in [3.05, 3.63) is 0 Å². The van der Waals surface area contributed by atoms with E-state index in [9.17, 15) is 4.79 Å². The fourth-order valence-electron chi connectivity index (χ4n) is 0.293. The van der Waals surface area contributed by atoms with E-state index in [-0.39, 0.29) is 5.97 Å². The zero-order valence-corrected chi connectivity index (χ0v) is 6.69. The van der Waals surface area contributed by atoms with Crippen molar-refractivity contribution in [2.24, 2.45) is 0 Å². The van der Waals surface area contributed by atoms with Crippen LogP contribution in [0.1, 0.15) is 13.3 Å². The summed E-state index contributed by atoms with van der Waals surface area (Å²) in [6.07, 6.45) is 0.588. The van der Waals surface area contributed by atoms with E-state index in [1.165, 1.54) is 6.92 Å². The number of hydrogen-bond donors (Lipinski definition) is 0. The van der Waals surface area contributed by atoms with Crippen molar-refractivity contribution in [1.29, 1.82) is 0 Å². The van der Waals surface area contributed by atoms with Gasteiger partial charge in [0, 0.05) is 29.3 Å². The Morgan fingerprint density at radius 2 is 2.44 bits per heavy atom. The van der Waals surface area contributed by atoms with Gasteiger partial charge in [0.2, 0.25) is 0 Å². The number of carbonyl (C=O) groups excluding carboxylic acids is 1. The van der Waals surface area contributed by atoms with Crippen LogP contribution in [0.2, 0.25) is 0 Å². The Balaban J connectivity index is 3.07. The number of hydrogen-bond acceptors (Lipinski definition) is 2. The molecule has 0 aromatic carbocycles. The van der Waals surface area contributed by atoms with Crippen molar-refractivity contribution in [1.82, 2.24) is 0 Å². The van der Waals surface area contributed by atoms with Gasteiger partial charge < -0.3 is 4.74 Å². The van der Waals surface area contributed by atoms with E-state index in [1.807, 2.05) is 0 Å². The van der Waals surface area contributed by atoms with Crippen LogP contribution < -0.4 is 0 Å². The highest BCUT2D eigenvalue weighted by molar-refractivity contribution is 9.12. The van der Waals surface area contributed by atoms with E-state index in [2.05, 4.69) is 31.4 Å². The van der Waals surface area contributed by atoms with Crippen LogP contribution in [0, 0.1) is 10.8 Å². The molecule has 0 aliphatic heterocycles. The van der Waals surface area contributed by atoms with E-state index >= 15 is 0 Å². The maximum atomic E-state index is 10.1. The predicted octanol–water partition coefficient (Wildman–Crippen LogP) is 1.30. The molecular weight excluding hydrogens is 184 g/mol. The van der Waals surface area contributed by atoms with Gasteiger partial charge in [-0.2, -0.15) is 0 Å². The van der Waals surface area contributed by atoms with Crippen molar-refractivity contribution in [3.8, 4) is 10.8 Å². The Bertz CT molecular complexity index is 143. The van der Waals surface area contributed by atoms with Crippen LogP contribution in [0.15, 0.2) is 0 Å². The van der Waals surface area contributed by atoms with E-state index in [0.29, 0.717) is 13.0 Å². The SMILES string of the molecule is CC(=O)OCCC#CBr. The first kappa shape index (κ1) is 8.51. The van der Waals surface area contributed by atoms with Gasteiger partial charge >= 0.3 is 5.97 Å². The first-order valence-corrected chi connectivity index (χ1v) is 3.28. The molecule has 0 aromatic rings. The Hall–Kier alpha value is -0.490. The largest absolute Gasteiger partial charge is 0.465 e. The van der Waals surface area contributed by atoms with Crippen LogP contribution in [-0.4, -0.2) is 12.6 Å². The molecule has 0 saturated heterocycles. The lowest BCUT2D eigenvalue weighted by atomic mass is 10.5. The highest BCUT2D eigenvalue weighted by Crippen LogP contribution is 1.81. The molecule has 0 N–H and O–H groups in total. The van der Waals surface area contributed by atoms with Crippen molar-refractivity contribution in [3.63, 3.8) is 0 Å². The molecule has 0 heterocycles. The standard InChI is InChI=1S/C6H7BrO2/c1-6(8)9-5-3-2-4-7/h3,5H2,1H3. The van der Waals surface area contributed by atoms with Crippen LogP contribution in [0.3, 0.4) is 0 Å². The number of rotatable bonds is 2. The topological polar surface area (TPSA) is 26.3 Å². The molecule has 0 radical (unpaired) electrons. The monoisotopic (exact) mass is 190 g/mol. The van der Waals surface area contributed by atoms with Crippen LogP contribution in [0.4, 0.5) is 0 Å². The fraction of sp³-hybridized carbons (Fsp3) is 0.500. The number of halogens is 1. The van der Waals surface area contributed by atoms with E-state index < -0.39 is 0 Å². The molecule has 0 fully saturated rings. The minimum Gasteiger partial charge on any atom is -0.465 e. The third kappa shape index (κ3) is 7.51. The average Bonchev–Trinajstić information content (AvgIpc) is 1.80. The van der Waals surface area contributed by atoms with Gasteiger partial charge in [0.25, 0.3) is 0 Å². The molecule has 0 aromatic heterocycles. The number of ether oxygens (including phenoxy) is 1. The maximum Gasteiger partial charge on any atom is 0.302 e. The molecule has 0 unspecified atom stereocenters. The fourth-order valence-corrected chi connectivity index (χ4v) is 0.491. The van der Waals surface area contributed by atoms with Gasteiger partial charge in [0.05, 0.1) is 0 Å². The van der Waals surface area contributed by atoms with Gasteiger partial charge in [0.1, 0.15) is 6.61 Å². The molecule has 0 amide bonds. The van der Waals surface area contributed by atoms with E-state index in [1.54, 1.807) is 0 Å². The minimum atomic E-state index is -0.258. The summed E-state index contributed by atoms with van der Waals surface area (Å²) in [5.41, 5.74) is 0. The molecule has 9 heavy (non-hydrogen) atoms. The molecule has 0 spiro atoms. The second-order valence-electron chi connectivity index (χ2n) is 1.36. The quantitative estimate of drug-likeness (QED) is 0.373. The van der Waals surface area contributed by atoms with Crippen LogP contribution in [0.25, 0.3) is 0 Å². The lowest BCUT2D eigenvalue weighted by molar-refractivity contribution is -0.140. The third-order valence-corrected chi connectivity index (χ3v) is 0.880. The summed E-state index contributed by atoms with van der Waals surface area (Å²) in [5.74, 6) is 2.44. The van der Waals surface area contributed by atoms with Crippen molar-refractivity contribution in [2.45, 2.75) is 13.3 Å². The smallest absolute Gasteiger partial charge is 0.302 e. The molecule has 0 aliphatic carbocycles. The summed E-state index contributed by atoms with van der Waals surface area (Å²) in [4.78, 5) is 12.6. The predicted molar refractivity (Wildman–Crippen MR) is 38.0 cm³/mol. The molecule has 0 bridgehead atoms. The van der Waals surface area contributed by atoms with Crippen LogP contribution >= 0.6 is 15.9 Å². The molecule has 0 atom stereocenters. The molecular formula is C6H7BrO2. The Morgan fingerprint density at radius 1 is 1.78 bits per heavy atom. The zero-order chi connectivity index (χ0) is 7.11. The highest BCUT2D eigenvalue weighted by Gasteiger charge is 1.87. The Labute approximate surface area is 62.7 Å². The lowest BCUT2D eigenvalue weighted by Gasteiger charge is -1.93. The van der Waals surface area contributed by atoms with Gasteiger partial charge in [-0.1, -0.05) is 5.92 Å². The molecule has 0 aliphatic rings. The second-order valence-corrected chi connectivity index (χ2v) is 1.76. The summed E-state index contributed by atoms with van der Waals surface area (Å²) >= 11 is 2.91. The molecule has 2 nitrogen and oxygen atoms in total. The first-order valence-electron chi connectivity index (χ1n) is 2.49. The first-order chi connectivity index (χ1) is 4.27. The van der Waals surface area contributed by atoms with Gasteiger partial charge in [0.15, 0.2) is 0 Å². The highest BCUT2D eigenvalue weighted by atomic mass is 79.9. The summed E-state index contributed by atoms with van der Waals surface area (Å²) in [5, 5.41) is 0. The van der Waals surface area contributed by atoms with Gasteiger partial charge in [-0.05, 0) is 4.83 Å². The van der Waals surface area contributed by atoms with Gasteiger partial charge in [-0.15, -0.1) is 0 Å². The lowest BCUT2D eigenvalue weighted by Crippen LogP contribution is -1.98. The number of esters is 1. The molecule has 0 rings (SSSR count). The van der Waals surface area contributed by atoms with E-state index in [4.69, 9.17) is 0 Å². The minimum absolute atomic E-state index is 0.258. The third-order valence-electron chi connectivity index (χ3n) is 0.599. The maximum absolute atomic E-state index is 10.1. The summed E-state index contributed by atoms with van der Waals surface area (Å²) in [7, 11) is 0. The summed E-state index contributed by atoms with van der Waals surface area (Å²) < 4.78 is 4.58. The van der Waals surface area contributed by atoms with E-state index in [0.717, 1.165) is 0 Å². The van der Waals surface area contributed by atoms with Crippen LogP contribution in [0.5, 0.6) is 0 Å². The van der Waals surface area contributed by atoms with Crippen molar-refractivity contribution >= 4 is 21.9 Å². The van der Waals surface area contributed by atoms with Crippen molar-refractivity contribution in [2.75, 3.05) is 6.61 Å². The van der Waals surface area contributed by atoms with Gasteiger partial charge in [-0.25, -0.2) is 0 Å². The molecule has 3 heteroatoms.